The van der Waals surface area contributed by atoms with E-state index in [1.165, 1.54) is 50.6 Å². The van der Waals surface area contributed by atoms with Crippen LogP contribution >= 0.6 is 11.6 Å². The van der Waals surface area contributed by atoms with Crippen molar-refractivity contribution in [2.45, 2.75) is 50.4 Å². The van der Waals surface area contributed by atoms with E-state index in [4.69, 9.17) is 11.6 Å². The summed E-state index contributed by atoms with van der Waals surface area (Å²) < 4.78 is 0. The van der Waals surface area contributed by atoms with Crippen LogP contribution in [0.1, 0.15) is 44.1 Å². The fraction of sp³-hybridized carbons (Fsp3) is 0.647. The summed E-state index contributed by atoms with van der Waals surface area (Å²) in [6.07, 6.45) is 8.25. The number of nitrogens with zero attached hydrogens (tertiary/aromatic N) is 1. The standard InChI is InChI=1S/C17H24ClN/c18-16-11-17(9-5-2-6-10-17)14-19(13-16)12-15-7-3-1-4-8-15/h1,3-4,7-8,16H,2,5-6,9-14H2. The third-order valence-corrected chi connectivity index (χ3v) is 5.13. The predicted octanol–water partition coefficient (Wildman–Crippen LogP) is 4.45. The molecule has 1 aliphatic carbocycles. The van der Waals surface area contributed by atoms with Gasteiger partial charge in [0, 0.05) is 25.0 Å². The van der Waals surface area contributed by atoms with E-state index < -0.39 is 0 Å². The van der Waals surface area contributed by atoms with Gasteiger partial charge in [-0.25, -0.2) is 0 Å². The number of hydrogen-bond acceptors (Lipinski definition) is 1. The Bertz CT molecular complexity index is 397. The third-order valence-electron chi connectivity index (χ3n) is 4.83. The van der Waals surface area contributed by atoms with Crippen LogP contribution in [0.5, 0.6) is 0 Å². The maximum Gasteiger partial charge on any atom is 0.0469 e. The highest BCUT2D eigenvalue weighted by molar-refractivity contribution is 6.20. The van der Waals surface area contributed by atoms with Gasteiger partial charge in [0.2, 0.25) is 0 Å². The zero-order chi connectivity index (χ0) is 13.1. The Morgan fingerprint density at radius 1 is 1.11 bits per heavy atom. The molecule has 19 heavy (non-hydrogen) atoms. The molecule has 2 heteroatoms. The first-order valence-corrected chi connectivity index (χ1v) is 8.10. The number of benzene rings is 1. The summed E-state index contributed by atoms with van der Waals surface area (Å²) >= 11 is 6.56. The van der Waals surface area contributed by atoms with Gasteiger partial charge in [-0.15, -0.1) is 11.6 Å². The van der Waals surface area contributed by atoms with E-state index in [0.29, 0.717) is 10.8 Å². The van der Waals surface area contributed by atoms with E-state index >= 15 is 0 Å². The highest BCUT2D eigenvalue weighted by Gasteiger charge is 2.39. The number of rotatable bonds is 2. The second kappa shape index (κ2) is 5.85. The molecule has 1 atom stereocenters. The Morgan fingerprint density at radius 2 is 1.84 bits per heavy atom. The van der Waals surface area contributed by atoms with Gasteiger partial charge < -0.3 is 0 Å². The fourth-order valence-corrected chi connectivity index (χ4v) is 4.57. The summed E-state index contributed by atoms with van der Waals surface area (Å²) in [6, 6.07) is 10.8. The average Bonchev–Trinajstić information content (AvgIpc) is 2.39. The van der Waals surface area contributed by atoms with Crippen LogP contribution in [-0.2, 0) is 6.54 Å². The van der Waals surface area contributed by atoms with Gasteiger partial charge in [0.1, 0.15) is 0 Å². The first-order valence-electron chi connectivity index (χ1n) is 7.66. The second-order valence-corrected chi connectivity index (χ2v) is 7.13. The van der Waals surface area contributed by atoms with E-state index in [-0.39, 0.29) is 0 Å². The van der Waals surface area contributed by atoms with Crippen molar-refractivity contribution in [1.29, 1.82) is 0 Å². The molecule has 1 nitrogen and oxygen atoms in total. The minimum atomic E-state index is 0.343. The minimum absolute atomic E-state index is 0.343. The molecule has 1 saturated carbocycles. The van der Waals surface area contributed by atoms with Gasteiger partial charge in [0.15, 0.2) is 0 Å². The van der Waals surface area contributed by atoms with E-state index in [1.807, 2.05) is 0 Å². The van der Waals surface area contributed by atoms with Gasteiger partial charge >= 0.3 is 0 Å². The molecule has 3 rings (SSSR count). The summed E-state index contributed by atoms with van der Waals surface area (Å²) in [7, 11) is 0. The molecule has 104 valence electrons. The van der Waals surface area contributed by atoms with Gasteiger partial charge in [-0.3, -0.25) is 4.90 Å². The molecule has 0 radical (unpaired) electrons. The maximum absolute atomic E-state index is 6.56. The summed E-state index contributed by atoms with van der Waals surface area (Å²) in [5.41, 5.74) is 1.94. The van der Waals surface area contributed by atoms with Crippen LogP contribution in [0.3, 0.4) is 0 Å². The van der Waals surface area contributed by atoms with Crippen LogP contribution in [0.25, 0.3) is 0 Å². The molecule has 1 unspecified atom stereocenters. The Balaban J connectivity index is 1.68. The molecule has 1 aromatic carbocycles. The predicted molar refractivity (Wildman–Crippen MR) is 81.5 cm³/mol. The minimum Gasteiger partial charge on any atom is -0.297 e. The summed E-state index contributed by atoms with van der Waals surface area (Å²) in [5, 5.41) is 0.343. The van der Waals surface area contributed by atoms with E-state index in [9.17, 15) is 0 Å². The second-order valence-electron chi connectivity index (χ2n) is 6.52. The van der Waals surface area contributed by atoms with Crippen LogP contribution < -0.4 is 0 Å². The van der Waals surface area contributed by atoms with Crippen molar-refractivity contribution in [1.82, 2.24) is 4.90 Å². The molecular weight excluding hydrogens is 254 g/mol. The molecule has 0 aromatic heterocycles. The molecule has 1 aliphatic heterocycles. The molecule has 1 heterocycles. The lowest BCUT2D eigenvalue weighted by molar-refractivity contribution is 0.0520. The van der Waals surface area contributed by atoms with Crippen molar-refractivity contribution in [3.63, 3.8) is 0 Å². The molecule has 1 aromatic rings. The van der Waals surface area contributed by atoms with Gasteiger partial charge in [-0.2, -0.15) is 0 Å². The SMILES string of the molecule is ClC1CN(Cc2ccccc2)CC2(CCCCC2)C1. The zero-order valence-electron chi connectivity index (χ0n) is 11.7. The average molecular weight is 278 g/mol. The highest BCUT2D eigenvalue weighted by atomic mass is 35.5. The Kier molecular flexibility index (Phi) is 4.14. The van der Waals surface area contributed by atoms with Crippen LogP contribution in [-0.4, -0.2) is 23.4 Å². The van der Waals surface area contributed by atoms with Crippen molar-refractivity contribution in [3.05, 3.63) is 35.9 Å². The van der Waals surface area contributed by atoms with Crippen LogP contribution in [0.4, 0.5) is 0 Å². The van der Waals surface area contributed by atoms with Gasteiger partial charge in [-0.1, -0.05) is 49.6 Å². The Morgan fingerprint density at radius 3 is 2.58 bits per heavy atom. The Hall–Kier alpha value is -0.530. The topological polar surface area (TPSA) is 3.24 Å². The molecule has 0 amide bonds. The monoisotopic (exact) mass is 277 g/mol. The quantitative estimate of drug-likeness (QED) is 0.722. The number of likely N-dealkylation sites (tertiary alicyclic amines) is 1. The lowest BCUT2D eigenvalue weighted by Crippen LogP contribution is -2.48. The van der Waals surface area contributed by atoms with Crippen LogP contribution in [0, 0.1) is 5.41 Å². The molecule has 2 aliphatic rings. The van der Waals surface area contributed by atoms with Crippen molar-refractivity contribution in [2.75, 3.05) is 13.1 Å². The lowest BCUT2D eigenvalue weighted by Gasteiger charge is -2.47. The Labute approximate surface area is 121 Å². The zero-order valence-corrected chi connectivity index (χ0v) is 12.4. The first-order chi connectivity index (χ1) is 9.26. The summed E-state index contributed by atoms with van der Waals surface area (Å²) in [4.78, 5) is 2.59. The largest absolute Gasteiger partial charge is 0.297 e. The first kappa shape index (κ1) is 13.5. The van der Waals surface area contributed by atoms with Crippen molar-refractivity contribution >= 4 is 11.6 Å². The molecule has 1 spiro atoms. The molecule has 2 fully saturated rings. The normalized spacial score (nSPS) is 27.5. The number of hydrogen-bond donors (Lipinski definition) is 0. The van der Waals surface area contributed by atoms with E-state index in [0.717, 1.165) is 13.1 Å². The molecule has 0 bridgehead atoms. The van der Waals surface area contributed by atoms with Crippen LogP contribution in [0.15, 0.2) is 30.3 Å². The number of piperidine rings is 1. The summed E-state index contributed by atoms with van der Waals surface area (Å²) in [6.45, 7) is 3.37. The smallest absolute Gasteiger partial charge is 0.0469 e. The number of halogens is 1. The van der Waals surface area contributed by atoms with Crippen molar-refractivity contribution in [3.8, 4) is 0 Å². The van der Waals surface area contributed by atoms with Crippen molar-refractivity contribution in [2.24, 2.45) is 5.41 Å². The van der Waals surface area contributed by atoms with E-state index in [2.05, 4.69) is 35.2 Å². The molecular formula is C17H24ClN. The highest BCUT2D eigenvalue weighted by Crippen LogP contribution is 2.44. The third kappa shape index (κ3) is 3.32. The van der Waals surface area contributed by atoms with Gasteiger partial charge in [0.05, 0.1) is 0 Å². The van der Waals surface area contributed by atoms with Gasteiger partial charge in [-0.05, 0) is 30.2 Å². The number of alkyl halides is 1. The van der Waals surface area contributed by atoms with Crippen LogP contribution in [0.2, 0.25) is 0 Å². The fourth-order valence-electron chi connectivity index (χ4n) is 4.04. The van der Waals surface area contributed by atoms with Gasteiger partial charge in [0.25, 0.3) is 0 Å². The maximum atomic E-state index is 6.56. The van der Waals surface area contributed by atoms with Crippen molar-refractivity contribution < 1.29 is 0 Å². The molecule has 0 N–H and O–H groups in total. The summed E-state index contributed by atoms with van der Waals surface area (Å²) in [5.74, 6) is 0. The van der Waals surface area contributed by atoms with E-state index in [1.54, 1.807) is 0 Å². The molecule has 1 saturated heterocycles. The lowest BCUT2D eigenvalue weighted by atomic mass is 9.69.